The Morgan fingerprint density at radius 2 is 1.75 bits per heavy atom. The minimum Gasteiger partial charge on any atom is -0.252 e. The molecule has 0 spiro atoms. The number of halogens is 4. The van der Waals surface area contributed by atoms with Crippen LogP contribution in [-0.4, -0.2) is 4.98 Å². The molecule has 0 amide bonds. The van der Waals surface area contributed by atoms with E-state index in [-0.39, 0.29) is 10.7 Å². The molecule has 0 atom stereocenters. The number of hydrogen-bond acceptors (Lipinski definition) is 1. The monoisotopic (exact) mass is 275 g/mol. The van der Waals surface area contributed by atoms with E-state index in [1.165, 1.54) is 12.3 Å². The lowest BCUT2D eigenvalue weighted by atomic mass is 10.1. The Morgan fingerprint density at radius 3 is 2.44 bits per heavy atom. The summed E-state index contributed by atoms with van der Waals surface area (Å²) in [5.41, 5.74) is 0.584. The number of hydrogen-bond donors (Lipinski definition) is 0. The molecule has 82 valence electrons. The van der Waals surface area contributed by atoms with Crippen molar-refractivity contribution in [3.63, 3.8) is 0 Å². The summed E-state index contributed by atoms with van der Waals surface area (Å²) in [6.07, 6.45) is 1.36. The lowest BCUT2D eigenvalue weighted by Gasteiger charge is -2.05. The largest absolute Gasteiger partial charge is 0.252 e. The molecule has 0 fully saturated rings. The Hall–Kier alpha value is -0.830. The second-order valence-corrected chi connectivity index (χ2v) is 4.39. The average Bonchev–Trinajstić information content (AvgIpc) is 2.22. The highest BCUT2D eigenvalue weighted by Gasteiger charge is 2.11. The molecule has 1 heterocycles. The van der Waals surface area contributed by atoms with Gasteiger partial charge in [0.05, 0.1) is 10.0 Å². The number of aromatic nitrogens is 1. The minimum absolute atomic E-state index is 0.136. The predicted molar refractivity (Wildman–Crippen MR) is 64.7 cm³/mol. The third-order valence-electron chi connectivity index (χ3n) is 1.99. The molecule has 0 saturated heterocycles. The van der Waals surface area contributed by atoms with Gasteiger partial charge in [-0.2, -0.15) is 0 Å². The van der Waals surface area contributed by atoms with E-state index < -0.39 is 5.82 Å². The van der Waals surface area contributed by atoms with Crippen LogP contribution in [0.1, 0.15) is 0 Å². The van der Waals surface area contributed by atoms with E-state index in [1.807, 2.05) is 0 Å². The van der Waals surface area contributed by atoms with Crippen molar-refractivity contribution in [3.8, 4) is 11.3 Å². The average molecular weight is 277 g/mol. The summed E-state index contributed by atoms with van der Waals surface area (Å²) in [5.74, 6) is -0.531. The Bertz CT molecular complexity index is 543. The van der Waals surface area contributed by atoms with E-state index in [1.54, 1.807) is 18.2 Å². The van der Waals surface area contributed by atoms with Crippen molar-refractivity contribution in [1.82, 2.24) is 4.98 Å². The van der Waals surface area contributed by atoms with Crippen molar-refractivity contribution in [2.45, 2.75) is 0 Å². The maximum atomic E-state index is 13.6. The van der Waals surface area contributed by atoms with E-state index in [4.69, 9.17) is 34.8 Å². The van der Waals surface area contributed by atoms with Gasteiger partial charge in [0.25, 0.3) is 0 Å². The molecule has 16 heavy (non-hydrogen) atoms. The van der Waals surface area contributed by atoms with Crippen LogP contribution in [0.25, 0.3) is 11.3 Å². The molecule has 2 aromatic rings. The maximum absolute atomic E-state index is 13.6. The molecule has 0 aliphatic rings. The first-order valence-corrected chi connectivity index (χ1v) is 5.48. The molecule has 0 aliphatic carbocycles. The number of rotatable bonds is 1. The lowest BCUT2D eigenvalue weighted by Crippen LogP contribution is -1.90. The number of benzene rings is 1. The fourth-order valence-corrected chi connectivity index (χ4v) is 1.82. The predicted octanol–water partition coefficient (Wildman–Crippen LogP) is 4.85. The Morgan fingerprint density at radius 1 is 1.00 bits per heavy atom. The second-order valence-electron chi connectivity index (χ2n) is 3.11. The van der Waals surface area contributed by atoms with Crippen LogP contribution in [0.15, 0.2) is 30.5 Å². The second kappa shape index (κ2) is 4.58. The van der Waals surface area contributed by atoms with Gasteiger partial charge in [-0.25, -0.2) is 4.39 Å². The van der Waals surface area contributed by atoms with Crippen LogP contribution in [0.2, 0.25) is 15.1 Å². The molecule has 0 radical (unpaired) electrons. The van der Waals surface area contributed by atoms with E-state index in [9.17, 15) is 4.39 Å². The van der Waals surface area contributed by atoms with E-state index in [2.05, 4.69) is 4.98 Å². The van der Waals surface area contributed by atoms with Crippen LogP contribution in [0.4, 0.5) is 4.39 Å². The van der Waals surface area contributed by atoms with Gasteiger partial charge in [-0.1, -0.05) is 34.8 Å². The summed E-state index contributed by atoms with van der Waals surface area (Å²) in [6, 6.07) is 5.96. The molecule has 5 heteroatoms. The van der Waals surface area contributed by atoms with Gasteiger partial charge in [0.15, 0.2) is 5.82 Å². The molecule has 0 unspecified atom stereocenters. The third kappa shape index (κ3) is 2.29. The zero-order valence-corrected chi connectivity index (χ0v) is 10.1. The van der Waals surface area contributed by atoms with Gasteiger partial charge in [0.1, 0.15) is 5.69 Å². The molecular formula is C11H5Cl3FN. The van der Waals surface area contributed by atoms with Crippen molar-refractivity contribution in [2.75, 3.05) is 0 Å². The molecular weight excluding hydrogens is 271 g/mol. The van der Waals surface area contributed by atoms with Gasteiger partial charge in [0.2, 0.25) is 0 Å². The highest BCUT2D eigenvalue weighted by atomic mass is 35.5. The van der Waals surface area contributed by atoms with Crippen molar-refractivity contribution in [3.05, 3.63) is 51.3 Å². The molecule has 0 saturated carbocycles. The molecule has 2 rings (SSSR count). The zero-order valence-electron chi connectivity index (χ0n) is 7.85. The normalized spacial score (nSPS) is 10.5. The van der Waals surface area contributed by atoms with Crippen molar-refractivity contribution in [1.29, 1.82) is 0 Å². The van der Waals surface area contributed by atoms with Crippen LogP contribution < -0.4 is 0 Å². The van der Waals surface area contributed by atoms with Crippen molar-refractivity contribution in [2.24, 2.45) is 0 Å². The van der Waals surface area contributed by atoms with Crippen LogP contribution in [0.5, 0.6) is 0 Å². The summed E-state index contributed by atoms with van der Waals surface area (Å²) in [4.78, 5) is 3.90. The standard InChI is InChI=1S/C11H5Cl3FN/c12-6-1-2-9(14)8(3-6)11-10(15)4-7(13)5-16-11/h1-5H. The van der Waals surface area contributed by atoms with Gasteiger partial charge < -0.3 is 0 Å². The topological polar surface area (TPSA) is 12.9 Å². The SMILES string of the molecule is Fc1cc(Cl)cnc1-c1cc(Cl)ccc1Cl. The summed E-state index contributed by atoms with van der Waals surface area (Å²) in [7, 11) is 0. The lowest BCUT2D eigenvalue weighted by molar-refractivity contribution is 0.626. The zero-order chi connectivity index (χ0) is 11.7. The smallest absolute Gasteiger partial charge is 0.151 e. The summed E-state index contributed by atoms with van der Waals surface area (Å²) >= 11 is 17.4. The Kier molecular flexibility index (Phi) is 3.33. The minimum atomic E-state index is -0.531. The van der Waals surface area contributed by atoms with Crippen LogP contribution in [0, 0.1) is 5.82 Å². The van der Waals surface area contributed by atoms with Gasteiger partial charge in [0, 0.05) is 16.8 Å². The van der Waals surface area contributed by atoms with Gasteiger partial charge in [-0.05, 0) is 24.3 Å². The highest BCUT2D eigenvalue weighted by molar-refractivity contribution is 6.35. The van der Waals surface area contributed by atoms with Crippen LogP contribution >= 0.6 is 34.8 Å². The number of nitrogens with zero attached hydrogens (tertiary/aromatic N) is 1. The Balaban J connectivity index is 2.62. The fourth-order valence-electron chi connectivity index (χ4n) is 1.29. The molecule has 0 bridgehead atoms. The van der Waals surface area contributed by atoms with Crippen LogP contribution in [-0.2, 0) is 0 Å². The van der Waals surface area contributed by atoms with E-state index >= 15 is 0 Å². The van der Waals surface area contributed by atoms with Gasteiger partial charge >= 0.3 is 0 Å². The summed E-state index contributed by atoms with van der Waals surface area (Å²) in [5, 5.41) is 1.09. The van der Waals surface area contributed by atoms with Gasteiger partial charge in [-0.3, -0.25) is 4.98 Å². The number of pyridine rings is 1. The molecule has 0 N–H and O–H groups in total. The molecule has 1 aromatic carbocycles. The molecule has 1 nitrogen and oxygen atoms in total. The summed E-state index contributed by atoms with van der Waals surface area (Å²) in [6.45, 7) is 0. The Labute approximate surface area is 107 Å². The maximum Gasteiger partial charge on any atom is 0.151 e. The quantitative estimate of drug-likeness (QED) is 0.725. The van der Waals surface area contributed by atoms with Crippen molar-refractivity contribution >= 4 is 34.8 Å². The fraction of sp³-hybridized carbons (Fsp3) is 0. The third-order valence-corrected chi connectivity index (χ3v) is 2.76. The van der Waals surface area contributed by atoms with E-state index in [0.717, 1.165) is 0 Å². The van der Waals surface area contributed by atoms with Crippen molar-refractivity contribution < 1.29 is 4.39 Å². The van der Waals surface area contributed by atoms with Crippen LogP contribution in [0.3, 0.4) is 0 Å². The van der Waals surface area contributed by atoms with Gasteiger partial charge in [-0.15, -0.1) is 0 Å². The first-order chi connectivity index (χ1) is 7.58. The first-order valence-electron chi connectivity index (χ1n) is 4.34. The molecule has 1 aromatic heterocycles. The summed E-state index contributed by atoms with van der Waals surface area (Å²) < 4.78 is 13.6. The molecule has 0 aliphatic heterocycles. The first kappa shape index (κ1) is 11.6. The highest BCUT2D eigenvalue weighted by Crippen LogP contribution is 2.31. The van der Waals surface area contributed by atoms with E-state index in [0.29, 0.717) is 15.6 Å².